The van der Waals surface area contributed by atoms with Crippen LogP contribution in [0.3, 0.4) is 0 Å². The van der Waals surface area contributed by atoms with Crippen molar-refractivity contribution in [1.82, 2.24) is 4.98 Å². The molecule has 5 nitrogen and oxygen atoms in total. The lowest BCUT2D eigenvalue weighted by Crippen LogP contribution is -1.94. The molecule has 0 atom stereocenters. The quantitative estimate of drug-likeness (QED) is 0.761. The van der Waals surface area contributed by atoms with Crippen LogP contribution in [-0.2, 0) is 9.05 Å². The fourth-order valence-corrected chi connectivity index (χ4v) is 2.35. The molecule has 0 bridgehead atoms. The second-order valence-corrected chi connectivity index (χ2v) is 6.65. The molecule has 0 unspecified atom stereocenters. The lowest BCUT2D eigenvalue weighted by molar-refractivity contribution is 0.478. The van der Waals surface area contributed by atoms with Crippen molar-refractivity contribution in [1.29, 1.82) is 5.26 Å². The van der Waals surface area contributed by atoms with Crippen LogP contribution in [0.5, 0.6) is 11.5 Å². The number of benzene rings is 1. The Morgan fingerprint density at radius 1 is 1.23 bits per heavy atom. The highest BCUT2D eigenvalue weighted by molar-refractivity contribution is 8.13. The summed E-state index contributed by atoms with van der Waals surface area (Å²) in [5, 5.41) is 9.41. The van der Waals surface area contributed by atoms with Crippen LogP contribution in [0.25, 0.3) is 0 Å². The number of ether oxygens (including phenoxy) is 1. The van der Waals surface area contributed by atoms with Crippen LogP contribution in [-0.4, -0.2) is 13.4 Å². The Kier molecular flexibility index (Phi) is 6.62. The second kappa shape index (κ2) is 7.99. The van der Waals surface area contributed by atoms with Gasteiger partial charge in [-0.15, -0.1) is 0 Å². The second-order valence-electron chi connectivity index (χ2n) is 3.65. The number of hydrogen-bond acceptors (Lipinski definition) is 5. The summed E-state index contributed by atoms with van der Waals surface area (Å²) >= 11 is 5.77. The highest BCUT2D eigenvalue weighted by atomic mass is 35.7. The fourth-order valence-electron chi connectivity index (χ4n) is 1.41. The van der Waals surface area contributed by atoms with E-state index in [9.17, 15) is 8.42 Å². The Morgan fingerprint density at radius 2 is 1.91 bits per heavy atom. The van der Waals surface area contributed by atoms with Gasteiger partial charge in [0.2, 0.25) is 0 Å². The molecule has 2 aromatic rings. The number of nitrogens with zero attached hydrogens (tertiary/aromatic N) is 2. The third-order valence-electron chi connectivity index (χ3n) is 2.26. The normalized spacial score (nSPS) is 10.1. The first-order valence-corrected chi connectivity index (χ1v) is 8.86. The third-order valence-corrected chi connectivity index (χ3v) is 3.82. The van der Waals surface area contributed by atoms with Crippen molar-refractivity contribution in [3.05, 3.63) is 47.2 Å². The van der Waals surface area contributed by atoms with Gasteiger partial charge in [-0.2, -0.15) is 5.26 Å². The molecular weight excluding hydrogens is 347 g/mol. The largest absolute Gasteiger partial charge is 0.454 e. The van der Waals surface area contributed by atoms with Crippen molar-refractivity contribution < 1.29 is 13.2 Å². The van der Waals surface area contributed by atoms with E-state index in [1.807, 2.05) is 19.9 Å². The molecule has 0 saturated heterocycles. The van der Waals surface area contributed by atoms with Crippen LogP contribution in [0.15, 0.2) is 41.6 Å². The van der Waals surface area contributed by atoms with Gasteiger partial charge in [0.25, 0.3) is 9.05 Å². The van der Waals surface area contributed by atoms with Gasteiger partial charge in [-0.05, 0) is 18.2 Å². The summed E-state index contributed by atoms with van der Waals surface area (Å²) in [5.74, 6) is 0.510. The van der Waals surface area contributed by atoms with E-state index in [4.69, 9.17) is 32.3 Å². The van der Waals surface area contributed by atoms with Gasteiger partial charge in [0.05, 0.1) is 21.7 Å². The number of rotatable bonds is 3. The van der Waals surface area contributed by atoms with Gasteiger partial charge < -0.3 is 4.74 Å². The first-order chi connectivity index (χ1) is 10.4. The minimum atomic E-state index is -3.90. The number of hydrogen-bond donors (Lipinski definition) is 0. The van der Waals surface area contributed by atoms with Gasteiger partial charge in [-0.3, -0.25) is 4.98 Å². The molecule has 0 aliphatic rings. The zero-order chi connectivity index (χ0) is 16.8. The average molecular weight is 359 g/mol. The van der Waals surface area contributed by atoms with Crippen LogP contribution in [0.2, 0.25) is 5.02 Å². The predicted molar refractivity (Wildman–Crippen MR) is 84.9 cm³/mol. The van der Waals surface area contributed by atoms with E-state index in [0.717, 1.165) is 6.07 Å². The highest BCUT2D eigenvalue weighted by Gasteiger charge is 2.14. The van der Waals surface area contributed by atoms with Crippen LogP contribution in [0.4, 0.5) is 0 Å². The minimum absolute atomic E-state index is 0.0340. The Labute approximate surface area is 138 Å². The molecule has 0 saturated carbocycles. The molecule has 1 heterocycles. The Hall–Kier alpha value is -1.81. The molecule has 0 aliphatic heterocycles. The van der Waals surface area contributed by atoms with Gasteiger partial charge in [0, 0.05) is 22.9 Å². The molecule has 116 valence electrons. The van der Waals surface area contributed by atoms with E-state index < -0.39 is 9.05 Å². The summed E-state index contributed by atoms with van der Waals surface area (Å²) in [6.45, 7) is 4.00. The molecule has 1 aromatic carbocycles. The molecule has 0 radical (unpaired) electrons. The molecular formula is C14H12Cl2N2O3S. The predicted octanol–water partition coefficient (Wildman–Crippen LogP) is 4.35. The van der Waals surface area contributed by atoms with E-state index in [1.165, 1.54) is 30.6 Å². The maximum absolute atomic E-state index is 11.2. The van der Waals surface area contributed by atoms with Crippen molar-refractivity contribution in [2.45, 2.75) is 18.7 Å². The monoisotopic (exact) mass is 358 g/mol. The summed E-state index contributed by atoms with van der Waals surface area (Å²) < 4.78 is 27.8. The number of halogens is 2. The first-order valence-electron chi connectivity index (χ1n) is 6.17. The van der Waals surface area contributed by atoms with Crippen LogP contribution in [0.1, 0.15) is 19.4 Å². The van der Waals surface area contributed by atoms with Crippen molar-refractivity contribution in [3.63, 3.8) is 0 Å². The topological polar surface area (TPSA) is 80.0 Å². The van der Waals surface area contributed by atoms with E-state index in [-0.39, 0.29) is 16.2 Å². The summed E-state index contributed by atoms with van der Waals surface area (Å²) in [5.41, 5.74) is 0.0340. The highest BCUT2D eigenvalue weighted by Crippen LogP contribution is 2.28. The van der Waals surface area contributed by atoms with Gasteiger partial charge in [0.15, 0.2) is 0 Å². The minimum Gasteiger partial charge on any atom is -0.454 e. The van der Waals surface area contributed by atoms with Crippen LogP contribution < -0.4 is 4.74 Å². The van der Waals surface area contributed by atoms with E-state index >= 15 is 0 Å². The van der Waals surface area contributed by atoms with Gasteiger partial charge in [-0.1, -0.05) is 25.4 Å². The maximum Gasteiger partial charge on any atom is 0.261 e. The molecule has 0 spiro atoms. The average Bonchev–Trinajstić information content (AvgIpc) is 2.48. The van der Waals surface area contributed by atoms with Crippen LogP contribution >= 0.6 is 22.3 Å². The molecule has 22 heavy (non-hydrogen) atoms. The SMILES string of the molecule is CC.N#Cc1cc(S(=O)(=O)Cl)ccc1Oc1cncc(Cl)c1. The molecule has 1 aromatic heterocycles. The maximum atomic E-state index is 11.2. The molecule has 0 fully saturated rings. The van der Waals surface area contributed by atoms with Gasteiger partial charge in [0.1, 0.15) is 17.6 Å². The van der Waals surface area contributed by atoms with E-state index in [0.29, 0.717) is 10.8 Å². The van der Waals surface area contributed by atoms with Gasteiger partial charge >= 0.3 is 0 Å². The van der Waals surface area contributed by atoms with Crippen LogP contribution in [0, 0.1) is 11.3 Å². The molecule has 0 amide bonds. The van der Waals surface area contributed by atoms with Crippen molar-refractivity contribution >= 4 is 31.3 Å². The summed E-state index contributed by atoms with van der Waals surface area (Å²) in [6.07, 6.45) is 2.85. The van der Waals surface area contributed by atoms with Gasteiger partial charge in [-0.25, -0.2) is 8.42 Å². The molecule has 8 heteroatoms. The third kappa shape index (κ3) is 4.88. The Morgan fingerprint density at radius 3 is 2.45 bits per heavy atom. The fraction of sp³-hybridized carbons (Fsp3) is 0.143. The zero-order valence-corrected chi connectivity index (χ0v) is 14.1. The standard InChI is InChI=1S/C12H6Cl2N2O3S.C2H6/c13-9-4-10(7-16-6-9)19-12-2-1-11(20(14,17)18)3-8(12)5-15;1-2/h1-4,6-7H;1-2H3. The lowest BCUT2D eigenvalue weighted by Gasteiger charge is -2.08. The van der Waals surface area contributed by atoms with E-state index in [2.05, 4.69) is 4.98 Å². The number of nitriles is 1. The molecule has 0 N–H and O–H groups in total. The van der Waals surface area contributed by atoms with Crippen molar-refractivity contribution in [3.8, 4) is 17.6 Å². The Bertz CT molecular complexity index is 802. The van der Waals surface area contributed by atoms with Crippen molar-refractivity contribution in [2.24, 2.45) is 0 Å². The summed E-state index contributed by atoms with van der Waals surface area (Å²) in [4.78, 5) is 3.66. The Balaban J connectivity index is 0.00000116. The lowest BCUT2D eigenvalue weighted by atomic mass is 10.2. The summed E-state index contributed by atoms with van der Waals surface area (Å²) in [6, 6.07) is 7.08. The summed E-state index contributed by atoms with van der Waals surface area (Å²) in [7, 11) is 1.32. The van der Waals surface area contributed by atoms with Crippen molar-refractivity contribution in [2.75, 3.05) is 0 Å². The molecule has 2 rings (SSSR count). The molecule has 0 aliphatic carbocycles. The van der Waals surface area contributed by atoms with E-state index in [1.54, 1.807) is 0 Å². The smallest absolute Gasteiger partial charge is 0.261 e. The number of pyridine rings is 1. The number of aromatic nitrogens is 1. The zero-order valence-electron chi connectivity index (χ0n) is 11.7. The first kappa shape index (κ1) is 18.2.